The molecule has 1 amide bonds. The average Bonchev–Trinajstić information content (AvgIpc) is 3.63. The lowest BCUT2D eigenvalue weighted by molar-refractivity contribution is -0.135. The molecule has 1 aromatic carbocycles. The van der Waals surface area contributed by atoms with E-state index in [1.54, 1.807) is 24.3 Å². The number of nitrogens with zero attached hydrogens (tertiary/aromatic N) is 4. The zero-order valence-corrected chi connectivity index (χ0v) is 22.2. The van der Waals surface area contributed by atoms with Crippen LogP contribution in [0.5, 0.6) is 0 Å². The van der Waals surface area contributed by atoms with Gasteiger partial charge in [0, 0.05) is 12.5 Å². The molecular formula is C25H32N6O7S. The summed E-state index contributed by atoms with van der Waals surface area (Å²) in [6.07, 6.45) is 2.48. The molecule has 0 bridgehead atoms. The molecule has 2 aromatic heterocycles. The van der Waals surface area contributed by atoms with Gasteiger partial charge in [0.25, 0.3) is 5.91 Å². The molecule has 13 nitrogen and oxygen atoms in total. The third-order valence-electron chi connectivity index (χ3n) is 6.98. The van der Waals surface area contributed by atoms with Gasteiger partial charge in [-0.15, -0.1) is 0 Å². The number of carbonyl (C=O) groups excluding carboxylic acids is 1. The zero-order valence-electron chi connectivity index (χ0n) is 21.4. The van der Waals surface area contributed by atoms with Crippen molar-refractivity contribution in [2.45, 2.75) is 68.7 Å². The number of sulfonamides is 1. The van der Waals surface area contributed by atoms with Crippen LogP contribution in [0.4, 0.5) is 5.82 Å². The van der Waals surface area contributed by atoms with Crippen LogP contribution in [0.25, 0.3) is 5.65 Å². The first-order chi connectivity index (χ1) is 18.7. The lowest BCUT2D eigenvalue weighted by Gasteiger charge is -2.21. The van der Waals surface area contributed by atoms with Crippen LogP contribution in [0.1, 0.15) is 43.0 Å². The highest BCUT2D eigenvalue weighted by Crippen LogP contribution is 2.35. The van der Waals surface area contributed by atoms with E-state index >= 15 is 0 Å². The van der Waals surface area contributed by atoms with Crippen LogP contribution in [0.15, 0.2) is 42.9 Å². The van der Waals surface area contributed by atoms with E-state index in [9.17, 15) is 23.4 Å². The predicted octanol–water partition coefficient (Wildman–Crippen LogP) is 0.344. The first kappa shape index (κ1) is 27.4. The lowest BCUT2D eigenvalue weighted by Crippen LogP contribution is -2.43. The zero-order chi connectivity index (χ0) is 27.6. The number of aromatic nitrogens is 4. The van der Waals surface area contributed by atoms with Crippen LogP contribution < -0.4 is 10.0 Å². The van der Waals surface area contributed by atoms with Gasteiger partial charge in [0.1, 0.15) is 36.8 Å². The molecule has 39 heavy (non-hydrogen) atoms. The number of fused-ring (bicyclic) bond motifs is 1. The molecule has 14 heteroatoms. The Morgan fingerprint density at radius 1 is 1.18 bits per heavy atom. The molecule has 1 unspecified atom stereocenters. The maximum Gasteiger partial charge on any atom is 0.262 e. The van der Waals surface area contributed by atoms with Gasteiger partial charge in [0.05, 0.1) is 24.8 Å². The molecular weight excluding hydrogens is 528 g/mol. The van der Waals surface area contributed by atoms with Gasteiger partial charge in [0.15, 0.2) is 11.5 Å². The Morgan fingerprint density at radius 3 is 2.64 bits per heavy atom. The van der Waals surface area contributed by atoms with Crippen LogP contribution in [0.3, 0.4) is 0 Å². The van der Waals surface area contributed by atoms with E-state index in [4.69, 9.17) is 9.47 Å². The molecule has 1 aliphatic carbocycles. The van der Waals surface area contributed by atoms with Gasteiger partial charge in [-0.2, -0.15) is 5.10 Å². The molecule has 0 spiro atoms. The minimum Gasteiger partial charge on any atom is -0.387 e. The van der Waals surface area contributed by atoms with Crippen molar-refractivity contribution in [1.82, 2.24) is 24.3 Å². The van der Waals surface area contributed by atoms with Gasteiger partial charge in [0.2, 0.25) is 10.0 Å². The van der Waals surface area contributed by atoms with Gasteiger partial charge in [-0.3, -0.25) is 9.52 Å². The van der Waals surface area contributed by atoms with Crippen molar-refractivity contribution in [3.05, 3.63) is 54.1 Å². The molecule has 1 aliphatic heterocycles. The Bertz CT molecular complexity index is 1400. The summed E-state index contributed by atoms with van der Waals surface area (Å²) in [7, 11) is -3.82. The van der Waals surface area contributed by atoms with E-state index in [2.05, 4.69) is 20.4 Å². The second-order valence-corrected chi connectivity index (χ2v) is 11.7. The van der Waals surface area contributed by atoms with Crippen molar-refractivity contribution in [1.29, 1.82) is 0 Å². The van der Waals surface area contributed by atoms with Crippen LogP contribution >= 0.6 is 0 Å². The number of rotatable bonds is 10. The summed E-state index contributed by atoms with van der Waals surface area (Å²) in [6.45, 7) is -0.274. The fraction of sp³-hybridized carbons (Fsp3) is 0.520. The number of nitrogens with one attached hydrogen (secondary N) is 2. The number of hydrogen-bond acceptors (Lipinski definition) is 11. The van der Waals surface area contributed by atoms with Crippen LogP contribution in [0.2, 0.25) is 0 Å². The van der Waals surface area contributed by atoms with Crippen molar-refractivity contribution in [2.75, 3.05) is 18.2 Å². The third-order valence-corrected chi connectivity index (χ3v) is 7.56. The van der Waals surface area contributed by atoms with Gasteiger partial charge in [-0.05, 0) is 18.4 Å². The normalized spacial score (nSPS) is 24.7. The summed E-state index contributed by atoms with van der Waals surface area (Å²) in [6, 6.07) is 9.28. The second kappa shape index (κ2) is 11.5. The summed E-state index contributed by atoms with van der Waals surface area (Å²) >= 11 is 0. The summed E-state index contributed by atoms with van der Waals surface area (Å²) < 4.78 is 38.5. The monoisotopic (exact) mass is 560 g/mol. The largest absolute Gasteiger partial charge is 0.387 e. The predicted molar refractivity (Wildman–Crippen MR) is 139 cm³/mol. The van der Waals surface area contributed by atoms with Gasteiger partial charge >= 0.3 is 0 Å². The summed E-state index contributed by atoms with van der Waals surface area (Å²) in [5.41, 5.74) is 1.65. The number of benzene rings is 1. The first-order valence-corrected chi connectivity index (χ1v) is 14.7. The van der Waals surface area contributed by atoms with Crippen molar-refractivity contribution >= 4 is 27.4 Å². The standard InChI is InChI=1S/C25H32N6O7S/c1-39(35,36)30-25(34)18(11-15-7-3-2-4-8-15)37-13-19-20(32)21(33)22(38-19)17-12-26-24-23(27-14-28-31(17)24)29-16-9-5-6-10-16/h2-4,7-8,12,14,16,18-22,32-33H,5-6,9-11,13H2,1H3,(H,30,34)(H,27,28,29)/t18?,19-,20-,21-,22+/m1/s1. The second-order valence-electron chi connectivity index (χ2n) is 9.98. The molecule has 0 radical (unpaired) electrons. The minimum atomic E-state index is -3.82. The number of amides is 1. The van der Waals surface area contributed by atoms with Crippen molar-refractivity contribution < 1.29 is 32.9 Å². The van der Waals surface area contributed by atoms with Gasteiger partial charge < -0.3 is 25.0 Å². The molecule has 1 saturated heterocycles. The molecule has 2 aliphatic rings. The van der Waals surface area contributed by atoms with E-state index in [-0.39, 0.29) is 13.0 Å². The van der Waals surface area contributed by atoms with E-state index in [0.717, 1.165) is 37.5 Å². The fourth-order valence-electron chi connectivity index (χ4n) is 5.04. The maximum absolute atomic E-state index is 12.7. The summed E-state index contributed by atoms with van der Waals surface area (Å²) in [5, 5.41) is 29.3. The lowest BCUT2D eigenvalue weighted by atomic mass is 10.1. The molecule has 5 rings (SSSR count). The van der Waals surface area contributed by atoms with Crippen molar-refractivity contribution in [2.24, 2.45) is 0 Å². The number of anilines is 1. The molecule has 3 heterocycles. The Kier molecular flexibility index (Phi) is 8.09. The number of aliphatic hydroxyl groups excluding tert-OH is 2. The number of imidazole rings is 1. The first-order valence-electron chi connectivity index (χ1n) is 12.8. The molecule has 4 N–H and O–H groups in total. The van der Waals surface area contributed by atoms with E-state index in [0.29, 0.717) is 23.2 Å². The third kappa shape index (κ3) is 6.36. The van der Waals surface area contributed by atoms with E-state index in [1.807, 2.05) is 10.8 Å². The smallest absolute Gasteiger partial charge is 0.262 e. The van der Waals surface area contributed by atoms with Crippen LogP contribution in [-0.4, -0.2) is 87.4 Å². The van der Waals surface area contributed by atoms with E-state index < -0.39 is 46.5 Å². The number of ether oxygens (including phenoxy) is 2. The molecule has 210 valence electrons. The number of aliphatic hydroxyl groups is 2. The van der Waals surface area contributed by atoms with Gasteiger partial charge in [-0.1, -0.05) is 43.2 Å². The highest BCUT2D eigenvalue weighted by molar-refractivity contribution is 7.89. The Morgan fingerprint density at radius 2 is 1.92 bits per heavy atom. The quantitative estimate of drug-likeness (QED) is 0.269. The maximum atomic E-state index is 12.7. The van der Waals surface area contributed by atoms with Crippen molar-refractivity contribution in [3.8, 4) is 0 Å². The summed E-state index contributed by atoms with van der Waals surface area (Å²) in [5.74, 6) is -0.261. The van der Waals surface area contributed by atoms with Gasteiger partial charge in [-0.25, -0.2) is 22.9 Å². The van der Waals surface area contributed by atoms with Crippen LogP contribution in [0, 0.1) is 0 Å². The topological polar surface area (TPSA) is 177 Å². The molecule has 1 saturated carbocycles. The number of hydrogen-bond donors (Lipinski definition) is 4. The highest BCUT2D eigenvalue weighted by atomic mass is 32.2. The highest BCUT2D eigenvalue weighted by Gasteiger charge is 2.45. The average molecular weight is 561 g/mol. The molecule has 5 atom stereocenters. The summed E-state index contributed by atoms with van der Waals surface area (Å²) in [4.78, 5) is 21.4. The Balaban J connectivity index is 1.30. The Hall–Kier alpha value is -3.17. The SMILES string of the molecule is CS(=O)(=O)NC(=O)C(Cc1ccccc1)OC[C@H]1O[C@@H](c2cnc3c(NC4CCCC4)ncnn23)[C@H](O)[C@@H]1O. The Labute approximate surface area is 225 Å². The van der Waals surface area contributed by atoms with Crippen molar-refractivity contribution in [3.63, 3.8) is 0 Å². The molecule has 2 fully saturated rings. The number of carbonyl (C=O) groups is 1. The molecule has 3 aromatic rings. The van der Waals surface area contributed by atoms with Crippen LogP contribution in [-0.2, 0) is 30.7 Å². The van der Waals surface area contributed by atoms with E-state index in [1.165, 1.54) is 17.0 Å². The minimum absolute atomic E-state index is 0.0952. The fourth-order valence-corrected chi connectivity index (χ4v) is 5.54.